The molecule has 2 rings (SSSR count). The molecule has 0 saturated carbocycles. The maximum atomic E-state index is 12.1. The van der Waals surface area contributed by atoms with Crippen molar-refractivity contribution >= 4 is 21.8 Å². The SMILES string of the molecule is CN(CC1CCOC1)C(=O)c1cccc(Br)c1. The van der Waals surface area contributed by atoms with E-state index in [4.69, 9.17) is 4.74 Å². The number of amides is 1. The summed E-state index contributed by atoms with van der Waals surface area (Å²) in [6.45, 7) is 2.37. The van der Waals surface area contributed by atoms with E-state index in [0.717, 1.165) is 36.2 Å². The number of benzene rings is 1. The number of rotatable bonds is 3. The predicted octanol–water partition coefficient (Wildman–Crippen LogP) is 2.56. The molecule has 0 aliphatic carbocycles. The molecule has 1 amide bonds. The van der Waals surface area contributed by atoms with Gasteiger partial charge in [0.05, 0.1) is 6.61 Å². The molecule has 17 heavy (non-hydrogen) atoms. The van der Waals surface area contributed by atoms with Gasteiger partial charge in [-0.05, 0) is 24.6 Å². The Labute approximate surface area is 110 Å². The third-order valence-electron chi connectivity index (χ3n) is 2.97. The van der Waals surface area contributed by atoms with Crippen molar-refractivity contribution in [3.8, 4) is 0 Å². The van der Waals surface area contributed by atoms with Gasteiger partial charge in [-0.25, -0.2) is 0 Å². The van der Waals surface area contributed by atoms with Crippen LogP contribution in [0.1, 0.15) is 16.8 Å². The number of carbonyl (C=O) groups is 1. The van der Waals surface area contributed by atoms with Crippen molar-refractivity contribution in [1.29, 1.82) is 0 Å². The summed E-state index contributed by atoms with van der Waals surface area (Å²) in [5.41, 5.74) is 0.723. The average molecular weight is 298 g/mol. The molecule has 1 heterocycles. The van der Waals surface area contributed by atoms with Crippen LogP contribution in [0, 0.1) is 5.92 Å². The molecule has 0 radical (unpaired) electrons. The summed E-state index contributed by atoms with van der Waals surface area (Å²) >= 11 is 3.38. The van der Waals surface area contributed by atoms with Gasteiger partial charge >= 0.3 is 0 Å². The van der Waals surface area contributed by atoms with E-state index in [1.54, 1.807) is 4.90 Å². The average Bonchev–Trinajstić information content (AvgIpc) is 2.80. The van der Waals surface area contributed by atoms with Gasteiger partial charge in [-0.1, -0.05) is 22.0 Å². The van der Waals surface area contributed by atoms with Gasteiger partial charge in [-0.2, -0.15) is 0 Å². The van der Waals surface area contributed by atoms with Crippen molar-refractivity contribution in [2.24, 2.45) is 5.92 Å². The van der Waals surface area contributed by atoms with Crippen LogP contribution in [0.25, 0.3) is 0 Å². The molecular weight excluding hydrogens is 282 g/mol. The van der Waals surface area contributed by atoms with Crippen molar-refractivity contribution < 1.29 is 9.53 Å². The lowest BCUT2D eigenvalue weighted by Crippen LogP contribution is -2.32. The molecule has 0 bridgehead atoms. The molecule has 4 heteroatoms. The highest BCUT2D eigenvalue weighted by Crippen LogP contribution is 2.16. The van der Waals surface area contributed by atoms with Crippen molar-refractivity contribution in [3.63, 3.8) is 0 Å². The van der Waals surface area contributed by atoms with Gasteiger partial charge in [0, 0.05) is 36.2 Å². The van der Waals surface area contributed by atoms with E-state index in [-0.39, 0.29) is 5.91 Å². The van der Waals surface area contributed by atoms with Crippen molar-refractivity contribution in [3.05, 3.63) is 34.3 Å². The first-order chi connectivity index (χ1) is 8.16. The van der Waals surface area contributed by atoms with E-state index < -0.39 is 0 Å². The first-order valence-corrected chi connectivity index (χ1v) is 6.55. The van der Waals surface area contributed by atoms with Gasteiger partial charge in [-0.15, -0.1) is 0 Å². The van der Waals surface area contributed by atoms with Crippen LogP contribution in [-0.4, -0.2) is 37.6 Å². The lowest BCUT2D eigenvalue weighted by atomic mass is 10.1. The molecule has 1 aromatic carbocycles. The Kier molecular flexibility index (Phi) is 4.18. The minimum Gasteiger partial charge on any atom is -0.381 e. The molecule has 3 nitrogen and oxygen atoms in total. The summed E-state index contributed by atoms with van der Waals surface area (Å²) in [6, 6.07) is 7.49. The van der Waals surface area contributed by atoms with E-state index in [1.165, 1.54) is 0 Å². The smallest absolute Gasteiger partial charge is 0.253 e. The molecule has 1 aliphatic rings. The largest absolute Gasteiger partial charge is 0.381 e. The summed E-state index contributed by atoms with van der Waals surface area (Å²) in [4.78, 5) is 13.9. The maximum absolute atomic E-state index is 12.1. The Bertz CT molecular complexity index is 402. The minimum absolute atomic E-state index is 0.0678. The van der Waals surface area contributed by atoms with E-state index in [2.05, 4.69) is 15.9 Å². The second kappa shape index (κ2) is 5.65. The van der Waals surface area contributed by atoms with Gasteiger partial charge in [-0.3, -0.25) is 4.79 Å². The lowest BCUT2D eigenvalue weighted by Gasteiger charge is -2.20. The van der Waals surface area contributed by atoms with E-state index in [9.17, 15) is 4.79 Å². The lowest BCUT2D eigenvalue weighted by molar-refractivity contribution is 0.0766. The molecule has 0 N–H and O–H groups in total. The predicted molar refractivity (Wildman–Crippen MR) is 70.0 cm³/mol. The number of hydrogen-bond acceptors (Lipinski definition) is 2. The Morgan fingerprint density at radius 1 is 1.59 bits per heavy atom. The van der Waals surface area contributed by atoms with Gasteiger partial charge in [0.25, 0.3) is 5.91 Å². The number of carbonyl (C=O) groups excluding carboxylic acids is 1. The molecule has 1 aliphatic heterocycles. The van der Waals surface area contributed by atoms with Gasteiger partial charge in [0.1, 0.15) is 0 Å². The van der Waals surface area contributed by atoms with Crippen LogP contribution in [0.4, 0.5) is 0 Å². The molecule has 1 unspecified atom stereocenters. The minimum atomic E-state index is 0.0678. The first kappa shape index (κ1) is 12.6. The molecule has 1 atom stereocenters. The van der Waals surface area contributed by atoms with E-state index >= 15 is 0 Å². The van der Waals surface area contributed by atoms with Crippen LogP contribution in [0.5, 0.6) is 0 Å². The summed E-state index contributed by atoms with van der Waals surface area (Å²) < 4.78 is 6.25. The zero-order valence-electron chi connectivity index (χ0n) is 9.86. The summed E-state index contributed by atoms with van der Waals surface area (Å²) in [5, 5.41) is 0. The van der Waals surface area contributed by atoms with E-state index in [1.807, 2.05) is 31.3 Å². The zero-order chi connectivity index (χ0) is 12.3. The van der Waals surface area contributed by atoms with Crippen LogP contribution in [0.2, 0.25) is 0 Å². The third-order valence-corrected chi connectivity index (χ3v) is 3.47. The van der Waals surface area contributed by atoms with Crippen molar-refractivity contribution in [1.82, 2.24) is 4.90 Å². The Morgan fingerprint density at radius 3 is 3.06 bits per heavy atom. The normalized spacial score (nSPS) is 19.3. The highest BCUT2D eigenvalue weighted by atomic mass is 79.9. The highest BCUT2D eigenvalue weighted by molar-refractivity contribution is 9.10. The fraction of sp³-hybridized carbons (Fsp3) is 0.462. The van der Waals surface area contributed by atoms with Crippen LogP contribution in [-0.2, 0) is 4.74 Å². The van der Waals surface area contributed by atoms with Gasteiger partial charge in [0.15, 0.2) is 0 Å². The Hall–Kier alpha value is -0.870. The van der Waals surface area contributed by atoms with Crippen LogP contribution in [0.3, 0.4) is 0 Å². The quantitative estimate of drug-likeness (QED) is 0.858. The van der Waals surface area contributed by atoms with Gasteiger partial charge < -0.3 is 9.64 Å². The third kappa shape index (κ3) is 3.30. The molecular formula is C13H16BrNO2. The van der Waals surface area contributed by atoms with E-state index in [0.29, 0.717) is 5.92 Å². The van der Waals surface area contributed by atoms with Crippen molar-refractivity contribution in [2.45, 2.75) is 6.42 Å². The number of halogens is 1. The Morgan fingerprint density at radius 2 is 2.41 bits per heavy atom. The standard InChI is InChI=1S/C13H16BrNO2/c1-15(8-10-5-6-17-9-10)13(16)11-3-2-4-12(14)7-11/h2-4,7,10H,5-6,8-9H2,1H3. The molecule has 1 saturated heterocycles. The molecule has 92 valence electrons. The maximum Gasteiger partial charge on any atom is 0.253 e. The summed E-state index contributed by atoms with van der Waals surface area (Å²) in [5.74, 6) is 0.550. The first-order valence-electron chi connectivity index (χ1n) is 5.75. The van der Waals surface area contributed by atoms with Crippen LogP contribution < -0.4 is 0 Å². The molecule has 1 fully saturated rings. The molecule has 0 aromatic heterocycles. The van der Waals surface area contributed by atoms with Crippen LogP contribution in [0.15, 0.2) is 28.7 Å². The van der Waals surface area contributed by atoms with Crippen molar-refractivity contribution in [2.75, 3.05) is 26.8 Å². The summed E-state index contributed by atoms with van der Waals surface area (Å²) in [6.07, 6.45) is 1.05. The number of hydrogen-bond donors (Lipinski definition) is 0. The number of ether oxygens (including phenoxy) is 1. The fourth-order valence-corrected chi connectivity index (χ4v) is 2.44. The van der Waals surface area contributed by atoms with Gasteiger partial charge in [0.2, 0.25) is 0 Å². The topological polar surface area (TPSA) is 29.5 Å². The zero-order valence-corrected chi connectivity index (χ0v) is 11.4. The highest BCUT2D eigenvalue weighted by Gasteiger charge is 2.20. The summed E-state index contributed by atoms with van der Waals surface area (Å²) in [7, 11) is 1.85. The number of nitrogens with zero attached hydrogens (tertiary/aromatic N) is 1. The molecule has 0 spiro atoms. The monoisotopic (exact) mass is 297 g/mol. The fourth-order valence-electron chi connectivity index (χ4n) is 2.04. The molecule has 1 aromatic rings. The second-order valence-corrected chi connectivity index (χ2v) is 5.34. The van der Waals surface area contributed by atoms with Crippen LogP contribution >= 0.6 is 15.9 Å². The second-order valence-electron chi connectivity index (χ2n) is 4.43. The Balaban J connectivity index is 1.98.